The standard InChI is InChI=1S/C21H27N3O/c1-4-6-12-24(13-7-5-2)18-10-8-17(9-11-18)19-14-16(3)23-21(25)20(19)15-22/h8-11,14H,4-7,12-13H2,1-3H3,(H,23,25). The minimum absolute atomic E-state index is 0.173. The Balaban J connectivity index is 2.33. The highest BCUT2D eigenvalue weighted by Crippen LogP contribution is 2.25. The van der Waals surface area contributed by atoms with E-state index in [9.17, 15) is 10.1 Å². The van der Waals surface area contributed by atoms with Gasteiger partial charge in [0.15, 0.2) is 0 Å². The van der Waals surface area contributed by atoms with Crippen molar-refractivity contribution in [1.82, 2.24) is 4.98 Å². The molecule has 0 aliphatic heterocycles. The number of nitrogens with one attached hydrogen (secondary N) is 1. The number of benzene rings is 1. The molecule has 0 saturated carbocycles. The Kier molecular flexibility index (Phi) is 6.82. The van der Waals surface area contributed by atoms with Crippen LogP contribution in [0.25, 0.3) is 11.1 Å². The molecule has 132 valence electrons. The maximum atomic E-state index is 12.0. The molecule has 0 radical (unpaired) electrons. The molecular formula is C21H27N3O. The van der Waals surface area contributed by atoms with Crippen LogP contribution in [-0.4, -0.2) is 18.1 Å². The molecule has 4 heteroatoms. The van der Waals surface area contributed by atoms with E-state index in [1.54, 1.807) is 0 Å². The fourth-order valence-electron chi connectivity index (χ4n) is 2.95. The Labute approximate surface area is 150 Å². The molecule has 0 fully saturated rings. The molecular weight excluding hydrogens is 310 g/mol. The minimum atomic E-state index is -0.325. The predicted octanol–water partition coefficient (Wildman–Crippen LogP) is 4.63. The molecule has 1 aromatic carbocycles. The number of H-pyrrole nitrogens is 1. The van der Waals surface area contributed by atoms with Gasteiger partial charge in [-0.05, 0) is 43.5 Å². The summed E-state index contributed by atoms with van der Waals surface area (Å²) in [6.07, 6.45) is 4.71. The molecule has 0 amide bonds. The summed E-state index contributed by atoms with van der Waals surface area (Å²) >= 11 is 0. The van der Waals surface area contributed by atoms with Crippen LogP contribution < -0.4 is 10.5 Å². The molecule has 25 heavy (non-hydrogen) atoms. The number of aryl methyl sites for hydroxylation is 1. The van der Waals surface area contributed by atoms with Gasteiger partial charge >= 0.3 is 0 Å². The number of nitriles is 1. The fraction of sp³-hybridized carbons (Fsp3) is 0.429. The number of aromatic amines is 1. The van der Waals surface area contributed by atoms with E-state index in [1.165, 1.54) is 31.4 Å². The van der Waals surface area contributed by atoms with Crippen molar-refractivity contribution in [2.75, 3.05) is 18.0 Å². The Morgan fingerprint density at radius 2 is 1.68 bits per heavy atom. The van der Waals surface area contributed by atoms with E-state index in [2.05, 4.69) is 35.9 Å². The summed E-state index contributed by atoms with van der Waals surface area (Å²) in [7, 11) is 0. The van der Waals surface area contributed by atoms with Crippen LogP contribution in [-0.2, 0) is 0 Å². The Morgan fingerprint density at radius 3 is 2.20 bits per heavy atom. The van der Waals surface area contributed by atoms with Crippen molar-refractivity contribution in [2.24, 2.45) is 0 Å². The van der Waals surface area contributed by atoms with E-state index in [1.807, 2.05) is 31.2 Å². The molecule has 4 nitrogen and oxygen atoms in total. The van der Waals surface area contributed by atoms with Crippen molar-refractivity contribution in [3.8, 4) is 17.2 Å². The highest BCUT2D eigenvalue weighted by molar-refractivity contribution is 5.72. The number of nitrogens with zero attached hydrogens (tertiary/aromatic N) is 2. The zero-order chi connectivity index (χ0) is 18.2. The molecule has 0 atom stereocenters. The second kappa shape index (κ2) is 9.08. The van der Waals surface area contributed by atoms with Crippen LogP contribution in [0, 0.1) is 18.3 Å². The number of pyridine rings is 1. The van der Waals surface area contributed by atoms with Gasteiger partial charge in [0, 0.05) is 30.0 Å². The molecule has 0 unspecified atom stereocenters. The first-order valence-corrected chi connectivity index (χ1v) is 9.10. The molecule has 2 aromatic rings. The Bertz CT molecular complexity index is 776. The van der Waals surface area contributed by atoms with E-state index < -0.39 is 0 Å². The second-order valence-corrected chi connectivity index (χ2v) is 6.42. The maximum Gasteiger partial charge on any atom is 0.266 e. The SMILES string of the molecule is CCCCN(CCCC)c1ccc(-c2cc(C)[nH]c(=O)c2C#N)cc1. The van der Waals surface area contributed by atoms with E-state index in [-0.39, 0.29) is 11.1 Å². The van der Waals surface area contributed by atoms with Gasteiger partial charge in [-0.15, -0.1) is 0 Å². The fourth-order valence-corrected chi connectivity index (χ4v) is 2.95. The summed E-state index contributed by atoms with van der Waals surface area (Å²) in [5.74, 6) is 0. The Morgan fingerprint density at radius 1 is 1.08 bits per heavy atom. The molecule has 2 rings (SSSR count). The van der Waals surface area contributed by atoms with Gasteiger partial charge in [-0.3, -0.25) is 4.79 Å². The molecule has 0 aliphatic rings. The topological polar surface area (TPSA) is 59.9 Å². The predicted molar refractivity (Wildman–Crippen MR) is 104 cm³/mol. The molecule has 0 spiro atoms. The average Bonchev–Trinajstić information content (AvgIpc) is 2.61. The Hall–Kier alpha value is -2.54. The second-order valence-electron chi connectivity index (χ2n) is 6.42. The number of anilines is 1. The van der Waals surface area contributed by atoms with Gasteiger partial charge in [0.1, 0.15) is 11.6 Å². The van der Waals surface area contributed by atoms with Gasteiger partial charge in [0.2, 0.25) is 0 Å². The lowest BCUT2D eigenvalue weighted by atomic mass is 10.0. The minimum Gasteiger partial charge on any atom is -0.372 e. The first-order valence-electron chi connectivity index (χ1n) is 9.10. The summed E-state index contributed by atoms with van der Waals surface area (Å²) in [6.45, 7) is 8.37. The van der Waals surface area contributed by atoms with Gasteiger partial charge < -0.3 is 9.88 Å². The summed E-state index contributed by atoms with van der Waals surface area (Å²) < 4.78 is 0. The third-order valence-corrected chi connectivity index (χ3v) is 4.39. The van der Waals surface area contributed by atoms with Crippen LogP contribution in [0.2, 0.25) is 0 Å². The van der Waals surface area contributed by atoms with Crippen LogP contribution in [0.5, 0.6) is 0 Å². The van der Waals surface area contributed by atoms with Crippen LogP contribution in [0.3, 0.4) is 0 Å². The van der Waals surface area contributed by atoms with Crippen LogP contribution in [0.15, 0.2) is 35.1 Å². The van der Waals surface area contributed by atoms with Gasteiger partial charge in [0.25, 0.3) is 5.56 Å². The molecule has 0 bridgehead atoms. The van der Waals surface area contributed by atoms with Gasteiger partial charge in [-0.2, -0.15) is 5.26 Å². The lowest BCUT2D eigenvalue weighted by molar-refractivity contribution is 0.678. The van der Waals surface area contributed by atoms with Gasteiger partial charge in [-0.1, -0.05) is 38.8 Å². The van der Waals surface area contributed by atoms with Crippen molar-refractivity contribution < 1.29 is 0 Å². The lowest BCUT2D eigenvalue weighted by Crippen LogP contribution is -2.25. The monoisotopic (exact) mass is 337 g/mol. The van der Waals surface area contributed by atoms with E-state index in [0.29, 0.717) is 5.56 Å². The molecule has 1 aromatic heterocycles. The number of unbranched alkanes of at least 4 members (excludes halogenated alkanes) is 2. The van der Waals surface area contributed by atoms with Crippen LogP contribution in [0.1, 0.15) is 50.8 Å². The summed E-state index contributed by atoms with van der Waals surface area (Å²) in [4.78, 5) is 17.1. The summed E-state index contributed by atoms with van der Waals surface area (Å²) in [5, 5.41) is 9.31. The van der Waals surface area contributed by atoms with Gasteiger partial charge in [0.05, 0.1) is 0 Å². The van der Waals surface area contributed by atoms with Crippen LogP contribution >= 0.6 is 0 Å². The summed E-state index contributed by atoms with van der Waals surface area (Å²) in [5.41, 5.74) is 3.41. The quantitative estimate of drug-likeness (QED) is 0.764. The van der Waals surface area contributed by atoms with Crippen LogP contribution in [0.4, 0.5) is 5.69 Å². The first-order chi connectivity index (χ1) is 12.1. The van der Waals surface area contributed by atoms with E-state index in [0.717, 1.165) is 24.3 Å². The number of hydrogen-bond acceptors (Lipinski definition) is 3. The average molecular weight is 337 g/mol. The highest BCUT2D eigenvalue weighted by Gasteiger charge is 2.11. The smallest absolute Gasteiger partial charge is 0.266 e. The van der Waals surface area contributed by atoms with Crippen molar-refractivity contribution in [1.29, 1.82) is 5.26 Å². The third kappa shape index (κ3) is 4.73. The largest absolute Gasteiger partial charge is 0.372 e. The normalized spacial score (nSPS) is 10.5. The third-order valence-electron chi connectivity index (χ3n) is 4.39. The first kappa shape index (κ1) is 18.8. The number of rotatable bonds is 8. The zero-order valence-corrected chi connectivity index (χ0v) is 15.4. The lowest BCUT2D eigenvalue weighted by Gasteiger charge is -2.25. The molecule has 0 saturated heterocycles. The zero-order valence-electron chi connectivity index (χ0n) is 15.4. The van der Waals surface area contributed by atoms with Gasteiger partial charge in [-0.25, -0.2) is 0 Å². The number of hydrogen-bond donors (Lipinski definition) is 1. The van der Waals surface area contributed by atoms with E-state index in [4.69, 9.17) is 0 Å². The van der Waals surface area contributed by atoms with Crippen molar-refractivity contribution in [3.63, 3.8) is 0 Å². The van der Waals surface area contributed by atoms with E-state index >= 15 is 0 Å². The van der Waals surface area contributed by atoms with Crippen molar-refractivity contribution >= 4 is 5.69 Å². The summed E-state index contributed by atoms with van der Waals surface area (Å²) in [6, 6.07) is 12.1. The van der Waals surface area contributed by atoms with Crippen molar-refractivity contribution in [2.45, 2.75) is 46.5 Å². The maximum absolute atomic E-state index is 12.0. The molecule has 0 aliphatic carbocycles. The highest BCUT2D eigenvalue weighted by atomic mass is 16.1. The van der Waals surface area contributed by atoms with Crippen molar-refractivity contribution in [3.05, 3.63) is 51.9 Å². The molecule has 1 heterocycles. The number of aromatic nitrogens is 1. The molecule has 1 N–H and O–H groups in total.